The molecule has 1 aromatic carbocycles. The van der Waals surface area contributed by atoms with Crippen molar-refractivity contribution in [1.29, 1.82) is 0 Å². The van der Waals surface area contributed by atoms with Gasteiger partial charge in [-0.3, -0.25) is 0 Å². The molecule has 3 aliphatic heterocycles. The van der Waals surface area contributed by atoms with E-state index in [1.54, 1.807) is 0 Å². The number of likely N-dealkylation sites (tertiary alicyclic amines) is 1. The number of nitrogens with zero attached hydrogens (tertiary/aromatic N) is 4. The maximum atomic E-state index is 6.68. The molecule has 0 spiro atoms. The molecule has 2 fully saturated rings. The molecule has 3 heterocycles. The van der Waals surface area contributed by atoms with Crippen LogP contribution in [0.3, 0.4) is 0 Å². The van der Waals surface area contributed by atoms with Crippen LogP contribution in [-0.2, 0) is 16.5 Å². The molecule has 4 aliphatic rings. The number of benzene rings is 1. The van der Waals surface area contributed by atoms with Crippen LogP contribution in [0, 0.1) is 5.41 Å². The Kier molecular flexibility index (Phi) is 5.10. The number of ether oxygens (including phenoxy) is 1. The molecule has 2 saturated heterocycles. The molecule has 1 aliphatic carbocycles. The first-order valence-corrected chi connectivity index (χ1v) is 13.6. The molecule has 7 heteroatoms. The predicted octanol–water partition coefficient (Wildman–Crippen LogP) is 4.63. The number of hydrogen-bond donors (Lipinski definition) is 0. The van der Waals surface area contributed by atoms with Gasteiger partial charge in [-0.15, -0.1) is 0 Å². The summed E-state index contributed by atoms with van der Waals surface area (Å²) in [6, 6.07) is 10.6. The molecule has 1 atom stereocenters. The van der Waals surface area contributed by atoms with Gasteiger partial charge in [-0.05, 0) is 43.2 Å². The third kappa shape index (κ3) is 3.38. The maximum absolute atomic E-state index is 6.68. The first-order chi connectivity index (χ1) is 14.0. The first-order valence-electron chi connectivity index (χ1n) is 10.8. The third-order valence-electron chi connectivity index (χ3n) is 6.45. The van der Waals surface area contributed by atoms with Gasteiger partial charge in [0.15, 0.2) is 6.34 Å². The Morgan fingerprint density at radius 3 is 2.38 bits per heavy atom. The van der Waals surface area contributed by atoms with Crippen LogP contribution in [0.2, 0.25) is 0 Å². The number of para-hydroxylation sites is 1. The SMILES string of the molecule is CC1(C)CC2=NN(c3ccccc3)P(=S)(N3CCOCC3)C2=C(N2CCCC2)C1. The van der Waals surface area contributed by atoms with Crippen LogP contribution in [0.4, 0.5) is 5.69 Å². The molecule has 0 amide bonds. The molecule has 0 radical (unpaired) electrons. The van der Waals surface area contributed by atoms with E-state index in [2.05, 4.69) is 58.5 Å². The Hall–Kier alpha value is -1.20. The number of fused-ring (bicyclic) bond motifs is 1. The second kappa shape index (κ2) is 7.49. The number of anilines is 1. The first kappa shape index (κ1) is 19.7. The van der Waals surface area contributed by atoms with Crippen LogP contribution in [0.15, 0.2) is 46.4 Å². The van der Waals surface area contributed by atoms with E-state index in [4.69, 9.17) is 21.6 Å². The standard InChI is InChI=1S/C22H31N4OPS/c1-22(2)16-19-21(20(17-22)24-10-6-7-11-24)28(29,25-12-14-27-15-13-25)26(23-19)18-8-4-3-5-9-18/h3-5,8-9H,6-7,10-17H2,1-2H3. The van der Waals surface area contributed by atoms with Gasteiger partial charge < -0.3 is 9.64 Å². The zero-order valence-electron chi connectivity index (χ0n) is 17.5. The van der Waals surface area contributed by atoms with Crippen LogP contribution >= 0.6 is 6.34 Å². The van der Waals surface area contributed by atoms with E-state index < -0.39 is 6.34 Å². The van der Waals surface area contributed by atoms with Crippen molar-refractivity contribution in [3.63, 3.8) is 0 Å². The van der Waals surface area contributed by atoms with Crippen molar-refractivity contribution in [3.8, 4) is 0 Å². The largest absolute Gasteiger partial charge is 0.379 e. The molecule has 0 bridgehead atoms. The van der Waals surface area contributed by atoms with Gasteiger partial charge in [-0.1, -0.05) is 43.9 Å². The molecular weight excluding hydrogens is 399 g/mol. The molecule has 5 rings (SSSR count). The van der Waals surface area contributed by atoms with E-state index in [-0.39, 0.29) is 5.41 Å². The Morgan fingerprint density at radius 2 is 1.69 bits per heavy atom. The topological polar surface area (TPSA) is 31.3 Å². The molecule has 0 N–H and O–H groups in total. The van der Waals surface area contributed by atoms with E-state index in [0.717, 1.165) is 57.9 Å². The average molecular weight is 431 g/mol. The van der Waals surface area contributed by atoms with Crippen molar-refractivity contribution in [2.24, 2.45) is 10.5 Å². The summed E-state index contributed by atoms with van der Waals surface area (Å²) >= 11 is 6.68. The summed E-state index contributed by atoms with van der Waals surface area (Å²) in [5.41, 5.74) is 4.07. The predicted molar refractivity (Wildman–Crippen MR) is 124 cm³/mol. The van der Waals surface area contributed by atoms with Crippen LogP contribution in [0.1, 0.15) is 39.5 Å². The van der Waals surface area contributed by atoms with E-state index in [1.165, 1.54) is 29.6 Å². The van der Waals surface area contributed by atoms with E-state index in [9.17, 15) is 0 Å². The lowest BCUT2D eigenvalue weighted by atomic mass is 9.78. The van der Waals surface area contributed by atoms with Crippen LogP contribution in [0.5, 0.6) is 0 Å². The normalized spacial score (nSPS) is 29.9. The molecular formula is C22H31N4OPS. The van der Waals surface area contributed by atoms with Crippen LogP contribution < -0.4 is 4.78 Å². The molecule has 0 saturated carbocycles. The van der Waals surface area contributed by atoms with Gasteiger partial charge in [0.05, 0.1) is 29.9 Å². The number of hydrazone groups is 1. The summed E-state index contributed by atoms with van der Waals surface area (Å²) in [5.74, 6) is 0. The van der Waals surface area contributed by atoms with Crippen LogP contribution in [-0.4, -0.2) is 54.7 Å². The van der Waals surface area contributed by atoms with Crippen molar-refractivity contribution in [2.75, 3.05) is 44.2 Å². The fourth-order valence-electron chi connectivity index (χ4n) is 5.10. The third-order valence-corrected chi connectivity index (χ3v) is 11.3. The van der Waals surface area contributed by atoms with Crippen molar-refractivity contribution >= 4 is 29.5 Å². The number of rotatable bonds is 3. The Bertz CT molecular complexity index is 885. The lowest BCUT2D eigenvalue weighted by Crippen LogP contribution is -2.39. The minimum Gasteiger partial charge on any atom is -0.379 e. The van der Waals surface area contributed by atoms with E-state index in [0.29, 0.717) is 0 Å². The highest BCUT2D eigenvalue weighted by Gasteiger charge is 2.50. The minimum absolute atomic E-state index is 0.220. The van der Waals surface area contributed by atoms with Gasteiger partial charge in [0.1, 0.15) is 0 Å². The number of hydrogen-bond acceptors (Lipinski definition) is 4. The van der Waals surface area contributed by atoms with Crippen molar-refractivity contribution in [2.45, 2.75) is 39.5 Å². The van der Waals surface area contributed by atoms with E-state index in [1.807, 2.05) is 0 Å². The fourth-order valence-corrected chi connectivity index (χ4v) is 9.73. The second-order valence-corrected chi connectivity index (χ2v) is 13.3. The fraction of sp³-hybridized carbons (Fsp3) is 0.591. The van der Waals surface area contributed by atoms with Gasteiger partial charge >= 0.3 is 0 Å². The van der Waals surface area contributed by atoms with Gasteiger partial charge in [0, 0.05) is 31.9 Å². The summed E-state index contributed by atoms with van der Waals surface area (Å²) in [4.78, 5) is 2.63. The summed E-state index contributed by atoms with van der Waals surface area (Å²) in [6.45, 7) is 10.4. The summed E-state index contributed by atoms with van der Waals surface area (Å²) in [6.07, 6.45) is 2.46. The van der Waals surface area contributed by atoms with Gasteiger partial charge in [-0.2, -0.15) is 5.10 Å². The zero-order chi connectivity index (χ0) is 20.1. The minimum atomic E-state index is -2.22. The van der Waals surface area contributed by atoms with E-state index >= 15 is 0 Å². The smallest absolute Gasteiger partial charge is 0.154 e. The van der Waals surface area contributed by atoms with Crippen molar-refractivity contribution in [3.05, 3.63) is 41.3 Å². The zero-order valence-corrected chi connectivity index (χ0v) is 19.2. The molecule has 0 aromatic heterocycles. The number of morpholine rings is 1. The monoisotopic (exact) mass is 430 g/mol. The second-order valence-electron chi connectivity index (χ2n) is 9.29. The Morgan fingerprint density at radius 1 is 1.00 bits per heavy atom. The molecule has 5 nitrogen and oxygen atoms in total. The highest BCUT2D eigenvalue weighted by molar-refractivity contribution is 8.16. The van der Waals surface area contributed by atoms with Gasteiger partial charge in [0.2, 0.25) is 0 Å². The Labute approximate surface area is 179 Å². The lowest BCUT2D eigenvalue weighted by Gasteiger charge is -2.44. The molecule has 1 unspecified atom stereocenters. The Balaban J connectivity index is 1.69. The summed E-state index contributed by atoms with van der Waals surface area (Å²) in [7, 11) is 0. The quantitative estimate of drug-likeness (QED) is 0.653. The van der Waals surface area contributed by atoms with Gasteiger partial charge in [0.25, 0.3) is 0 Å². The summed E-state index contributed by atoms with van der Waals surface area (Å²) < 4.78 is 10.4. The van der Waals surface area contributed by atoms with Crippen molar-refractivity contribution < 1.29 is 4.74 Å². The van der Waals surface area contributed by atoms with Gasteiger partial charge in [-0.25, -0.2) is 9.45 Å². The maximum Gasteiger partial charge on any atom is 0.154 e. The molecule has 1 aromatic rings. The summed E-state index contributed by atoms with van der Waals surface area (Å²) in [5, 5.41) is 6.66. The number of allylic oxidation sites excluding steroid dienone is 2. The molecule has 29 heavy (non-hydrogen) atoms. The van der Waals surface area contributed by atoms with Crippen molar-refractivity contribution in [1.82, 2.24) is 9.57 Å². The lowest BCUT2D eigenvalue weighted by molar-refractivity contribution is 0.0748. The van der Waals surface area contributed by atoms with Crippen LogP contribution in [0.25, 0.3) is 0 Å². The molecule has 156 valence electrons. The highest BCUT2D eigenvalue weighted by Crippen LogP contribution is 2.69. The average Bonchev–Trinajstić information content (AvgIpc) is 3.35. The highest BCUT2D eigenvalue weighted by atomic mass is 32.4.